The molecule has 1 rings (SSSR count). The van der Waals surface area contributed by atoms with Gasteiger partial charge in [-0.3, -0.25) is 4.90 Å². The Bertz CT molecular complexity index is 576. The molecule has 1 unspecified atom stereocenters. The van der Waals surface area contributed by atoms with Gasteiger partial charge in [0.25, 0.3) is 0 Å². The lowest BCUT2D eigenvalue weighted by atomic mass is 9.90. The molecular formula is C20H37NO5Si. The van der Waals surface area contributed by atoms with Crippen molar-refractivity contribution in [1.82, 2.24) is 4.90 Å². The largest absolute Gasteiger partial charge is 0.467 e. The Morgan fingerprint density at radius 1 is 1.19 bits per heavy atom. The Morgan fingerprint density at radius 2 is 1.74 bits per heavy atom. The topological polar surface area (TPSA) is 72.9 Å². The zero-order valence-corrected chi connectivity index (χ0v) is 19.5. The summed E-state index contributed by atoms with van der Waals surface area (Å²) in [7, 11) is -0.742. The summed E-state index contributed by atoms with van der Waals surface area (Å²) in [4.78, 5) is 39.3. The number of rotatable bonds is 5. The highest BCUT2D eigenvalue weighted by Gasteiger charge is 2.56. The number of carbonyl (C=O) groups excluding carboxylic acids is 3. The Kier molecular flexibility index (Phi) is 6.95. The van der Waals surface area contributed by atoms with E-state index in [9.17, 15) is 14.4 Å². The van der Waals surface area contributed by atoms with Crippen molar-refractivity contribution >= 4 is 26.4 Å². The highest BCUT2D eigenvalue weighted by molar-refractivity contribution is 6.83. The van der Waals surface area contributed by atoms with Crippen LogP contribution in [0.2, 0.25) is 23.7 Å². The van der Waals surface area contributed by atoms with Gasteiger partial charge >= 0.3 is 12.1 Å². The number of likely N-dealkylation sites (tertiary alicyclic amines) is 1. The second-order valence-corrected chi connectivity index (χ2v) is 15.9. The van der Waals surface area contributed by atoms with Gasteiger partial charge in [0, 0.05) is 12.1 Å². The molecule has 1 amide bonds. The van der Waals surface area contributed by atoms with E-state index in [-0.39, 0.29) is 10.6 Å². The quantitative estimate of drug-likeness (QED) is 0.389. The number of methoxy groups -OCH3 is 1. The maximum atomic E-state index is 12.9. The van der Waals surface area contributed by atoms with Crippen molar-refractivity contribution in [1.29, 1.82) is 0 Å². The summed E-state index contributed by atoms with van der Waals surface area (Å²) in [5.74, 6) is -0.462. The highest BCUT2D eigenvalue weighted by Crippen LogP contribution is 2.48. The molecule has 1 fully saturated rings. The summed E-state index contributed by atoms with van der Waals surface area (Å²) in [6.45, 7) is 16.6. The van der Waals surface area contributed by atoms with E-state index in [1.165, 1.54) is 12.0 Å². The normalized spacial score (nSPS) is 22.3. The van der Waals surface area contributed by atoms with Gasteiger partial charge in [0.2, 0.25) is 0 Å². The van der Waals surface area contributed by atoms with Gasteiger partial charge in [-0.05, 0) is 45.1 Å². The molecule has 6 nitrogen and oxygen atoms in total. The molecule has 0 aromatic carbocycles. The zero-order chi connectivity index (χ0) is 21.3. The van der Waals surface area contributed by atoms with Crippen molar-refractivity contribution in [2.24, 2.45) is 0 Å². The van der Waals surface area contributed by atoms with Crippen LogP contribution >= 0.6 is 0 Å². The summed E-state index contributed by atoms with van der Waals surface area (Å²) < 4.78 is 10.6. The second-order valence-electron chi connectivity index (χ2n) is 10.2. The number of aldehydes is 1. The van der Waals surface area contributed by atoms with Gasteiger partial charge in [-0.15, -0.1) is 0 Å². The van der Waals surface area contributed by atoms with Gasteiger partial charge < -0.3 is 14.3 Å². The third-order valence-corrected chi connectivity index (χ3v) is 12.3. The second kappa shape index (κ2) is 7.93. The van der Waals surface area contributed by atoms with Crippen LogP contribution in [0, 0.1) is 0 Å². The number of amides is 1. The number of hydrogen-bond donors (Lipinski definition) is 0. The molecule has 1 aliphatic rings. The number of ether oxygens (including phenoxy) is 2. The summed E-state index contributed by atoms with van der Waals surface area (Å²) in [5.41, 5.74) is -2.08. The van der Waals surface area contributed by atoms with E-state index in [1.807, 2.05) is 0 Å². The summed E-state index contributed by atoms with van der Waals surface area (Å²) in [5, 5.41) is -0.0226. The smallest absolute Gasteiger partial charge is 0.411 e. The summed E-state index contributed by atoms with van der Waals surface area (Å²) >= 11 is 0. The Hall–Kier alpha value is -1.37. The fourth-order valence-electron chi connectivity index (χ4n) is 3.55. The highest BCUT2D eigenvalue weighted by atomic mass is 28.3. The van der Waals surface area contributed by atoms with Crippen LogP contribution < -0.4 is 0 Å². The van der Waals surface area contributed by atoms with Crippen LogP contribution in [0.5, 0.6) is 0 Å². The van der Waals surface area contributed by atoms with E-state index in [0.29, 0.717) is 25.8 Å². The van der Waals surface area contributed by atoms with Gasteiger partial charge in [0.05, 0.1) is 15.2 Å². The van der Waals surface area contributed by atoms with E-state index in [2.05, 4.69) is 33.9 Å². The molecule has 0 aliphatic carbocycles. The fourth-order valence-corrected chi connectivity index (χ4v) is 5.85. The van der Waals surface area contributed by atoms with Gasteiger partial charge in [-0.2, -0.15) is 0 Å². The van der Waals surface area contributed by atoms with E-state index in [1.54, 1.807) is 20.8 Å². The number of nitrogens with zero attached hydrogens (tertiary/aromatic N) is 1. The molecule has 1 saturated heterocycles. The average molecular weight is 400 g/mol. The minimum absolute atomic E-state index is 0.0226. The molecule has 1 aliphatic heterocycles. The molecule has 0 radical (unpaired) electrons. The van der Waals surface area contributed by atoms with E-state index in [0.717, 1.165) is 6.29 Å². The Labute approximate surface area is 165 Å². The first-order valence-electron chi connectivity index (χ1n) is 9.67. The maximum absolute atomic E-state index is 12.9. The molecule has 7 heteroatoms. The molecule has 0 aromatic heterocycles. The molecule has 0 spiro atoms. The monoisotopic (exact) mass is 399 g/mol. The van der Waals surface area contributed by atoms with E-state index >= 15 is 0 Å². The summed E-state index contributed by atoms with van der Waals surface area (Å²) in [6, 6.07) is 0. The first kappa shape index (κ1) is 23.7. The van der Waals surface area contributed by atoms with Crippen LogP contribution in [-0.2, 0) is 19.1 Å². The number of esters is 1. The van der Waals surface area contributed by atoms with Gasteiger partial charge in [0.15, 0.2) is 0 Å². The molecule has 0 aromatic rings. The molecule has 27 heavy (non-hydrogen) atoms. The Morgan fingerprint density at radius 3 is 2.15 bits per heavy atom. The third kappa shape index (κ3) is 4.92. The number of carbonyl (C=O) groups is 3. The lowest BCUT2D eigenvalue weighted by Crippen LogP contribution is -2.57. The molecule has 1 heterocycles. The fraction of sp³-hybridized carbons (Fsp3) is 0.850. The molecule has 2 atom stereocenters. The van der Waals surface area contributed by atoms with Gasteiger partial charge in [0.1, 0.15) is 17.4 Å². The lowest BCUT2D eigenvalue weighted by Gasteiger charge is -2.45. The zero-order valence-electron chi connectivity index (χ0n) is 18.5. The average Bonchev–Trinajstić information content (AvgIpc) is 2.93. The maximum Gasteiger partial charge on any atom is 0.411 e. The third-order valence-electron chi connectivity index (χ3n) is 6.25. The first-order chi connectivity index (χ1) is 12.1. The van der Waals surface area contributed by atoms with E-state index in [4.69, 9.17) is 9.47 Å². The van der Waals surface area contributed by atoms with Gasteiger partial charge in [-0.25, -0.2) is 9.59 Å². The van der Waals surface area contributed by atoms with Crippen LogP contribution in [0.25, 0.3) is 0 Å². The molecule has 0 saturated carbocycles. The molecular weight excluding hydrogens is 362 g/mol. The predicted molar refractivity (Wildman–Crippen MR) is 109 cm³/mol. The van der Waals surface area contributed by atoms with E-state index < -0.39 is 31.3 Å². The predicted octanol–water partition coefficient (Wildman–Crippen LogP) is 4.40. The van der Waals surface area contributed by atoms with Crippen molar-refractivity contribution in [3.63, 3.8) is 0 Å². The van der Waals surface area contributed by atoms with Crippen LogP contribution in [-0.4, -0.2) is 56.1 Å². The van der Waals surface area contributed by atoms with Crippen LogP contribution in [0.4, 0.5) is 4.79 Å². The van der Waals surface area contributed by atoms with Crippen molar-refractivity contribution in [3.8, 4) is 0 Å². The van der Waals surface area contributed by atoms with Crippen molar-refractivity contribution in [2.45, 2.75) is 95.6 Å². The van der Waals surface area contributed by atoms with Crippen LogP contribution in [0.15, 0.2) is 0 Å². The number of hydrogen-bond acceptors (Lipinski definition) is 5. The van der Waals surface area contributed by atoms with Crippen LogP contribution in [0.1, 0.15) is 60.8 Å². The van der Waals surface area contributed by atoms with Gasteiger partial charge in [-0.1, -0.05) is 33.9 Å². The standard InChI is InChI=1S/C20H37NO5Si/c1-18(2,3)26-17(24)21-12-10-11-20(21,16(23)25-7)13-15(14-22)27(8,9)19(4,5)6/h14-15H,10-13H2,1-9H3/t15?,20-/m0/s1. The molecule has 0 N–H and O–H groups in total. The SMILES string of the molecule is COC(=O)[C@@]1(CC(C=O)[Si](C)(C)C(C)(C)C)CCCN1C(=O)OC(C)(C)C. The van der Waals surface area contributed by atoms with Crippen LogP contribution in [0.3, 0.4) is 0 Å². The summed E-state index contributed by atoms with van der Waals surface area (Å²) in [6.07, 6.45) is 1.91. The van der Waals surface area contributed by atoms with Crippen molar-refractivity contribution in [3.05, 3.63) is 0 Å². The Balaban J connectivity index is 3.32. The first-order valence-corrected chi connectivity index (χ1v) is 12.7. The van der Waals surface area contributed by atoms with Crippen molar-refractivity contribution < 1.29 is 23.9 Å². The molecule has 0 bridgehead atoms. The minimum atomic E-state index is -2.07. The lowest BCUT2D eigenvalue weighted by molar-refractivity contribution is -0.153. The minimum Gasteiger partial charge on any atom is -0.467 e. The molecule has 156 valence electrons. The van der Waals surface area contributed by atoms with Crippen molar-refractivity contribution in [2.75, 3.05) is 13.7 Å².